The number of hydrogen-bond acceptors (Lipinski definition) is 5. The van der Waals surface area contributed by atoms with Crippen molar-refractivity contribution in [2.75, 3.05) is 31.6 Å². The second-order valence-corrected chi connectivity index (χ2v) is 7.35. The Morgan fingerprint density at radius 1 is 1.11 bits per heavy atom. The average molecular weight is 397 g/mol. The lowest BCUT2D eigenvalue weighted by Crippen LogP contribution is -2.43. The van der Waals surface area contributed by atoms with Gasteiger partial charge in [-0.3, -0.25) is 9.69 Å². The minimum absolute atomic E-state index is 0.117. The van der Waals surface area contributed by atoms with E-state index in [9.17, 15) is 9.18 Å². The van der Waals surface area contributed by atoms with Crippen LogP contribution in [0.3, 0.4) is 0 Å². The van der Waals surface area contributed by atoms with E-state index in [0.717, 1.165) is 11.1 Å². The Balaban J connectivity index is 1.53. The topological polar surface area (TPSA) is 54.5 Å². The fourth-order valence-electron chi connectivity index (χ4n) is 3.26. The molecule has 1 unspecified atom stereocenters. The van der Waals surface area contributed by atoms with Crippen LogP contribution in [0.15, 0.2) is 60.0 Å². The molecule has 1 N–H and O–H groups in total. The summed E-state index contributed by atoms with van der Waals surface area (Å²) in [6.07, 6.45) is 0. The van der Waals surface area contributed by atoms with Crippen LogP contribution in [0, 0.1) is 5.82 Å². The predicted octanol–water partition coefficient (Wildman–Crippen LogP) is 3.96. The Bertz CT molecular complexity index is 924. The molecule has 28 heavy (non-hydrogen) atoms. The van der Waals surface area contributed by atoms with Gasteiger partial charge < -0.3 is 10.1 Å². The zero-order valence-corrected chi connectivity index (χ0v) is 16.0. The van der Waals surface area contributed by atoms with Crippen molar-refractivity contribution < 1.29 is 13.9 Å². The Labute approximate surface area is 166 Å². The number of hydrogen-bond donors (Lipinski definition) is 1. The largest absolute Gasteiger partial charge is 0.379 e. The second kappa shape index (κ2) is 8.60. The number of morpholine rings is 1. The number of anilines is 1. The molecule has 0 saturated carbocycles. The SMILES string of the molecule is O=C(Nc1nc(-c2ccc(F)cc2)cs1)C(c1ccccc1)N1CCOCC1. The van der Waals surface area contributed by atoms with Crippen LogP contribution >= 0.6 is 11.3 Å². The highest BCUT2D eigenvalue weighted by molar-refractivity contribution is 7.14. The van der Waals surface area contributed by atoms with Crippen molar-refractivity contribution in [2.24, 2.45) is 0 Å². The highest BCUT2D eigenvalue weighted by atomic mass is 32.1. The summed E-state index contributed by atoms with van der Waals surface area (Å²) in [5.41, 5.74) is 2.46. The van der Waals surface area contributed by atoms with Gasteiger partial charge in [0.2, 0.25) is 5.91 Å². The van der Waals surface area contributed by atoms with Crippen LogP contribution in [0.2, 0.25) is 0 Å². The number of amides is 1. The number of halogens is 1. The van der Waals surface area contributed by atoms with Gasteiger partial charge in [-0.25, -0.2) is 9.37 Å². The Morgan fingerprint density at radius 3 is 2.54 bits per heavy atom. The summed E-state index contributed by atoms with van der Waals surface area (Å²) < 4.78 is 18.6. The molecule has 0 spiro atoms. The Hall–Kier alpha value is -2.61. The highest BCUT2D eigenvalue weighted by Crippen LogP contribution is 2.28. The molecule has 1 aliphatic rings. The number of rotatable bonds is 5. The zero-order valence-electron chi connectivity index (χ0n) is 15.2. The molecular weight excluding hydrogens is 377 g/mol. The van der Waals surface area contributed by atoms with E-state index < -0.39 is 6.04 Å². The molecule has 1 amide bonds. The van der Waals surface area contributed by atoms with Crippen molar-refractivity contribution in [3.63, 3.8) is 0 Å². The lowest BCUT2D eigenvalue weighted by molar-refractivity contribution is -0.123. The van der Waals surface area contributed by atoms with Crippen LogP contribution in [0.4, 0.5) is 9.52 Å². The van der Waals surface area contributed by atoms with Crippen molar-refractivity contribution in [1.29, 1.82) is 0 Å². The van der Waals surface area contributed by atoms with Crippen molar-refractivity contribution in [2.45, 2.75) is 6.04 Å². The molecule has 1 aliphatic heterocycles. The van der Waals surface area contributed by atoms with Crippen LogP contribution in [-0.4, -0.2) is 42.1 Å². The van der Waals surface area contributed by atoms with E-state index in [1.807, 2.05) is 35.7 Å². The third-order valence-corrected chi connectivity index (χ3v) is 5.41. The van der Waals surface area contributed by atoms with Gasteiger partial charge in [0.25, 0.3) is 0 Å². The molecule has 1 fully saturated rings. The summed E-state index contributed by atoms with van der Waals surface area (Å²) in [6, 6.07) is 15.5. The summed E-state index contributed by atoms with van der Waals surface area (Å²) >= 11 is 1.36. The fourth-order valence-corrected chi connectivity index (χ4v) is 3.98. The third kappa shape index (κ3) is 4.27. The van der Waals surface area contributed by atoms with Gasteiger partial charge in [-0.15, -0.1) is 11.3 Å². The van der Waals surface area contributed by atoms with Gasteiger partial charge in [0.15, 0.2) is 5.13 Å². The molecule has 0 bridgehead atoms. The molecule has 1 aromatic heterocycles. The van der Waals surface area contributed by atoms with Crippen LogP contribution in [0.25, 0.3) is 11.3 Å². The van der Waals surface area contributed by atoms with E-state index in [-0.39, 0.29) is 11.7 Å². The number of aromatic nitrogens is 1. The maximum atomic E-state index is 13.1. The van der Waals surface area contributed by atoms with E-state index in [1.165, 1.54) is 23.5 Å². The number of carbonyl (C=O) groups excluding carboxylic acids is 1. The second-order valence-electron chi connectivity index (χ2n) is 6.50. The van der Waals surface area contributed by atoms with E-state index >= 15 is 0 Å². The number of benzene rings is 2. The molecule has 1 atom stereocenters. The first kappa shape index (κ1) is 18.7. The maximum absolute atomic E-state index is 13.1. The van der Waals surface area contributed by atoms with Crippen molar-refractivity contribution in [3.8, 4) is 11.3 Å². The van der Waals surface area contributed by atoms with Crippen LogP contribution in [-0.2, 0) is 9.53 Å². The van der Waals surface area contributed by atoms with Crippen molar-refractivity contribution in [1.82, 2.24) is 9.88 Å². The predicted molar refractivity (Wildman–Crippen MR) is 108 cm³/mol. The summed E-state index contributed by atoms with van der Waals surface area (Å²) in [4.78, 5) is 19.7. The molecular formula is C21H20FN3O2S. The van der Waals surface area contributed by atoms with E-state index in [2.05, 4.69) is 15.2 Å². The summed E-state index contributed by atoms with van der Waals surface area (Å²) in [5.74, 6) is -0.406. The molecule has 0 aliphatic carbocycles. The smallest absolute Gasteiger partial charge is 0.248 e. The molecule has 1 saturated heterocycles. The summed E-state index contributed by atoms with van der Waals surface area (Å²) in [5, 5.41) is 5.33. The van der Waals surface area contributed by atoms with Crippen LogP contribution in [0.1, 0.15) is 11.6 Å². The van der Waals surface area contributed by atoms with Gasteiger partial charge in [0, 0.05) is 24.0 Å². The van der Waals surface area contributed by atoms with E-state index in [1.54, 1.807) is 12.1 Å². The Morgan fingerprint density at radius 2 is 1.82 bits per heavy atom. The van der Waals surface area contributed by atoms with Gasteiger partial charge in [-0.05, 0) is 29.8 Å². The van der Waals surface area contributed by atoms with Gasteiger partial charge in [0.05, 0.1) is 18.9 Å². The molecule has 2 aromatic carbocycles. The summed E-state index contributed by atoms with van der Waals surface area (Å²) in [6.45, 7) is 2.63. The quantitative estimate of drug-likeness (QED) is 0.708. The molecule has 3 aromatic rings. The first-order valence-corrected chi connectivity index (χ1v) is 9.98. The minimum atomic E-state index is -0.400. The fraction of sp³-hybridized carbons (Fsp3) is 0.238. The minimum Gasteiger partial charge on any atom is -0.379 e. The first-order chi connectivity index (χ1) is 13.7. The molecule has 2 heterocycles. The number of thiazole rings is 1. The molecule has 144 valence electrons. The molecule has 5 nitrogen and oxygen atoms in total. The zero-order chi connectivity index (χ0) is 19.3. The van der Waals surface area contributed by atoms with E-state index in [4.69, 9.17) is 4.74 Å². The normalized spacial score (nSPS) is 15.9. The van der Waals surface area contributed by atoms with Crippen LogP contribution in [0.5, 0.6) is 0 Å². The van der Waals surface area contributed by atoms with Crippen molar-refractivity contribution >= 4 is 22.4 Å². The van der Waals surface area contributed by atoms with Gasteiger partial charge >= 0.3 is 0 Å². The molecule has 4 rings (SSSR count). The standard InChI is InChI=1S/C21H20FN3O2S/c22-17-8-6-15(7-9-17)18-14-28-21(23-18)24-20(26)19(16-4-2-1-3-5-16)25-10-12-27-13-11-25/h1-9,14,19H,10-13H2,(H,23,24,26). The molecule has 0 radical (unpaired) electrons. The van der Waals surface area contributed by atoms with E-state index in [0.29, 0.717) is 37.1 Å². The first-order valence-electron chi connectivity index (χ1n) is 9.10. The van der Waals surface area contributed by atoms with Gasteiger partial charge in [-0.1, -0.05) is 30.3 Å². The number of carbonyl (C=O) groups is 1. The Kier molecular flexibility index (Phi) is 5.76. The van der Waals surface area contributed by atoms with Gasteiger partial charge in [0.1, 0.15) is 11.9 Å². The lowest BCUT2D eigenvalue weighted by Gasteiger charge is -2.33. The average Bonchev–Trinajstić information content (AvgIpc) is 3.19. The van der Waals surface area contributed by atoms with Crippen molar-refractivity contribution in [3.05, 3.63) is 71.4 Å². The van der Waals surface area contributed by atoms with Gasteiger partial charge in [-0.2, -0.15) is 0 Å². The molecule has 7 heteroatoms. The third-order valence-electron chi connectivity index (χ3n) is 4.65. The number of ether oxygens (including phenoxy) is 1. The number of nitrogens with one attached hydrogen (secondary N) is 1. The lowest BCUT2D eigenvalue weighted by atomic mass is 10.0. The summed E-state index contributed by atoms with van der Waals surface area (Å²) in [7, 11) is 0. The van der Waals surface area contributed by atoms with Crippen LogP contribution < -0.4 is 5.32 Å². The monoisotopic (exact) mass is 397 g/mol. The maximum Gasteiger partial charge on any atom is 0.248 e. The number of nitrogens with zero attached hydrogens (tertiary/aromatic N) is 2. The highest BCUT2D eigenvalue weighted by Gasteiger charge is 2.29.